The second kappa shape index (κ2) is 6.38. The number of fused-ring (bicyclic) bond motifs is 2. The number of likely N-dealkylation sites (N-methyl/N-ethyl adjacent to an activating group) is 1. The molecule has 8 heteroatoms. The molecule has 0 unspecified atom stereocenters. The number of hydrogen-bond acceptors (Lipinski definition) is 5. The Hall–Kier alpha value is -1.38. The van der Waals surface area contributed by atoms with Crippen molar-refractivity contribution in [2.75, 3.05) is 40.9 Å². The first-order chi connectivity index (χ1) is 9.54. The molecule has 0 aromatic carbocycles. The Morgan fingerprint density at radius 3 is 2.85 bits per heavy atom. The summed E-state index contributed by atoms with van der Waals surface area (Å²) in [5.41, 5.74) is 2.43. The van der Waals surface area contributed by atoms with Crippen LogP contribution in [0.2, 0.25) is 0 Å². The fraction of sp³-hybridized carbons (Fsp3) is 0.833. The quantitative estimate of drug-likeness (QED) is 0.522. The first-order valence-electron chi connectivity index (χ1n) is 6.75. The fourth-order valence-electron chi connectivity index (χ4n) is 2.56. The molecule has 0 aromatic heterocycles. The summed E-state index contributed by atoms with van der Waals surface area (Å²) in [5, 5.41) is 1.35. The second-order valence-corrected chi connectivity index (χ2v) is 5.31. The van der Waals surface area contributed by atoms with Crippen molar-refractivity contribution in [3.63, 3.8) is 0 Å². The van der Waals surface area contributed by atoms with Crippen LogP contribution in [0, 0.1) is 0 Å². The number of hydrogen-bond donors (Lipinski definition) is 1. The van der Waals surface area contributed by atoms with Crippen molar-refractivity contribution in [3.8, 4) is 0 Å². The molecule has 2 saturated heterocycles. The van der Waals surface area contributed by atoms with Crippen LogP contribution >= 0.6 is 0 Å². The van der Waals surface area contributed by atoms with Crippen LogP contribution in [0.1, 0.15) is 12.8 Å². The van der Waals surface area contributed by atoms with Gasteiger partial charge in [-0.3, -0.25) is 14.5 Å². The number of carbonyl (C=O) groups excluding carboxylic acids is 2. The topological polar surface area (TPSA) is 74.3 Å². The average Bonchev–Trinajstić information content (AvgIpc) is 2.66. The molecule has 114 valence electrons. The highest BCUT2D eigenvalue weighted by Gasteiger charge is 2.47. The van der Waals surface area contributed by atoms with E-state index >= 15 is 0 Å². The van der Waals surface area contributed by atoms with Crippen molar-refractivity contribution in [3.05, 3.63) is 0 Å². The van der Waals surface area contributed by atoms with Gasteiger partial charge in [0.25, 0.3) is 5.91 Å². The van der Waals surface area contributed by atoms with Crippen LogP contribution in [0.4, 0.5) is 4.79 Å². The molecular formula is C12H22N4O4. The Balaban J connectivity index is 1.84. The van der Waals surface area contributed by atoms with Crippen LogP contribution in [-0.4, -0.2) is 79.8 Å². The summed E-state index contributed by atoms with van der Waals surface area (Å²) in [5.74, 6) is -0.270. The third-order valence-corrected chi connectivity index (χ3v) is 3.64. The van der Waals surface area contributed by atoms with E-state index in [2.05, 4.69) is 5.48 Å². The highest BCUT2D eigenvalue weighted by molar-refractivity contribution is 5.87. The van der Waals surface area contributed by atoms with Crippen molar-refractivity contribution in [1.29, 1.82) is 0 Å². The van der Waals surface area contributed by atoms with E-state index < -0.39 is 6.04 Å². The van der Waals surface area contributed by atoms with E-state index in [9.17, 15) is 9.59 Å². The van der Waals surface area contributed by atoms with Gasteiger partial charge in [0.1, 0.15) is 6.04 Å². The summed E-state index contributed by atoms with van der Waals surface area (Å²) >= 11 is 0. The third-order valence-electron chi connectivity index (χ3n) is 3.64. The minimum absolute atomic E-state index is 0.0474. The lowest BCUT2D eigenvalue weighted by Gasteiger charge is -2.29. The summed E-state index contributed by atoms with van der Waals surface area (Å²) in [6.45, 7) is 1.65. The summed E-state index contributed by atoms with van der Waals surface area (Å²) in [6.07, 6.45) is 1.38. The fourth-order valence-corrected chi connectivity index (χ4v) is 2.56. The number of urea groups is 1. The number of piperidine rings is 1. The van der Waals surface area contributed by atoms with Gasteiger partial charge in [-0.05, 0) is 26.9 Å². The van der Waals surface area contributed by atoms with Crippen molar-refractivity contribution < 1.29 is 19.3 Å². The van der Waals surface area contributed by atoms with E-state index in [0.717, 1.165) is 6.42 Å². The van der Waals surface area contributed by atoms with E-state index in [4.69, 9.17) is 9.68 Å². The minimum atomic E-state index is -0.474. The van der Waals surface area contributed by atoms with Crippen LogP contribution in [-0.2, 0) is 14.5 Å². The highest BCUT2D eigenvalue weighted by atomic mass is 16.7. The van der Waals surface area contributed by atoms with Gasteiger partial charge in [-0.15, -0.1) is 0 Å². The molecule has 0 aromatic rings. The first kappa shape index (κ1) is 15.0. The maximum atomic E-state index is 12.1. The number of rotatable bonds is 6. The second-order valence-electron chi connectivity index (χ2n) is 5.31. The van der Waals surface area contributed by atoms with E-state index in [1.165, 1.54) is 12.2 Å². The predicted octanol–water partition coefficient (Wildman–Crippen LogP) is -0.574. The van der Waals surface area contributed by atoms with Gasteiger partial charge in [-0.2, -0.15) is 5.06 Å². The standard InChI is InChI=1S/C12H22N4O4/c1-14(2)6-7-20-13-11(17)10-5-4-9-8-15(10)12(18)16(9)19-3/h9-10H,4-8H2,1-3H3,(H,13,17)/t9-,10+/m1/s1. The van der Waals surface area contributed by atoms with E-state index in [1.807, 2.05) is 19.0 Å². The number of amides is 3. The number of nitrogens with one attached hydrogen (secondary N) is 1. The van der Waals surface area contributed by atoms with Crippen LogP contribution < -0.4 is 5.48 Å². The molecule has 2 atom stereocenters. The summed E-state index contributed by atoms with van der Waals surface area (Å²) in [6, 6.07) is -0.673. The first-order valence-corrected chi connectivity index (χ1v) is 6.75. The SMILES string of the molecule is CON1C(=O)N2C[C@H]1CC[C@H]2C(=O)NOCCN(C)C. The summed E-state index contributed by atoms with van der Waals surface area (Å²) in [4.78, 5) is 37.8. The molecule has 3 amide bonds. The van der Waals surface area contributed by atoms with E-state index in [0.29, 0.717) is 26.1 Å². The molecule has 20 heavy (non-hydrogen) atoms. The molecular weight excluding hydrogens is 264 g/mol. The number of hydroxylamine groups is 3. The van der Waals surface area contributed by atoms with Crippen LogP contribution in [0.25, 0.3) is 0 Å². The molecule has 0 radical (unpaired) electrons. The molecule has 0 aliphatic carbocycles. The van der Waals surface area contributed by atoms with Gasteiger partial charge >= 0.3 is 6.03 Å². The number of carbonyl (C=O) groups is 2. The zero-order chi connectivity index (χ0) is 14.7. The lowest BCUT2D eigenvalue weighted by Crippen LogP contribution is -2.50. The maximum absolute atomic E-state index is 12.1. The van der Waals surface area contributed by atoms with Gasteiger partial charge in [0.05, 0.1) is 19.8 Å². The zero-order valence-electron chi connectivity index (χ0n) is 12.2. The predicted molar refractivity (Wildman–Crippen MR) is 70.4 cm³/mol. The molecule has 0 saturated carbocycles. The normalized spacial score (nSPS) is 25.5. The molecule has 2 rings (SSSR count). The van der Waals surface area contributed by atoms with Gasteiger partial charge in [0, 0.05) is 13.1 Å². The van der Waals surface area contributed by atoms with Gasteiger partial charge in [0.2, 0.25) is 0 Å². The number of nitrogens with zero attached hydrogens (tertiary/aromatic N) is 3. The largest absolute Gasteiger partial charge is 0.345 e. The lowest BCUT2D eigenvalue weighted by molar-refractivity contribution is -0.139. The van der Waals surface area contributed by atoms with Crippen molar-refractivity contribution in [1.82, 2.24) is 20.3 Å². The summed E-state index contributed by atoms with van der Waals surface area (Å²) < 4.78 is 0. The summed E-state index contributed by atoms with van der Waals surface area (Å²) in [7, 11) is 5.32. The Kier molecular flexibility index (Phi) is 4.79. The molecule has 1 N–H and O–H groups in total. The molecule has 2 bridgehead atoms. The van der Waals surface area contributed by atoms with Gasteiger partial charge in [-0.25, -0.2) is 10.3 Å². The van der Waals surface area contributed by atoms with Gasteiger partial charge < -0.3 is 9.80 Å². The molecule has 2 fully saturated rings. The molecule has 8 nitrogen and oxygen atoms in total. The van der Waals surface area contributed by atoms with Crippen molar-refractivity contribution >= 4 is 11.9 Å². The average molecular weight is 286 g/mol. The third kappa shape index (κ3) is 3.02. The molecule has 2 aliphatic heterocycles. The monoisotopic (exact) mass is 286 g/mol. The van der Waals surface area contributed by atoms with Crippen molar-refractivity contribution in [2.24, 2.45) is 0 Å². The van der Waals surface area contributed by atoms with E-state index in [1.54, 1.807) is 4.90 Å². The maximum Gasteiger partial charge on any atom is 0.345 e. The molecule has 2 aliphatic rings. The van der Waals surface area contributed by atoms with Gasteiger partial charge in [-0.1, -0.05) is 0 Å². The smallest absolute Gasteiger partial charge is 0.309 e. The Bertz CT molecular complexity index is 376. The van der Waals surface area contributed by atoms with Crippen LogP contribution in [0.3, 0.4) is 0 Å². The Morgan fingerprint density at radius 1 is 1.45 bits per heavy atom. The zero-order valence-corrected chi connectivity index (χ0v) is 12.2. The van der Waals surface area contributed by atoms with Crippen molar-refractivity contribution in [2.45, 2.75) is 24.9 Å². The Labute approximate surface area is 118 Å². The Morgan fingerprint density at radius 2 is 2.20 bits per heavy atom. The highest BCUT2D eigenvalue weighted by Crippen LogP contribution is 2.29. The molecule has 0 spiro atoms. The van der Waals surface area contributed by atoms with E-state index in [-0.39, 0.29) is 18.0 Å². The van der Waals surface area contributed by atoms with Crippen LogP contribution in [0.5, 0.6) is 0 Å². The molecule has 2 heterocycles. The minimum Gasteiger partial charge on any atom is -0.309 e. The lowest BCUT2D eigenvalue weighted by atomic mass is 10.0. The van der Waals surface area contributed by atoms with Crippen LogP contribution in [0.15, 0.2) is 0 Å². The van der Waals surface area contributed by atoms with Gasteiger partial charge in [0.15, 0.2) is 0 Å².